The largest absolute Gasteiger partial charge is 0.0651 e. The third-order valence-electron chi connectivity index (χ3n) is 3.19. The van der Waals surface area contributed by atoms with Gasteiger partial charge in [-0.25, -0.2) is 0 Å². The van der Waals surface area contributed by atoms with Crippen LogP contribution in [0.3, 0.4) is 0 Å². The molecule has 0 N–H and O–H groups in total. The molecular formula is C12H22. The number of allylic oxidation sites excluding steroid dienone is 2. The lowest BCUT2D eigenvalue weighted by molar-refractivity contribution is 0.494. The maximum Gasteiger partial charge on any atom is 0.00382 e. The van der Waals surface area contributed by atoms with Crippen LogP contribution >= 0.6 is 0 Å². The van der Waals surface area contributed by atoms with Gasteiger partial charge in [-0.2, -0.15) is 0 Å². The monoisotopic (exact) mass is 166 g/mol. The molecule has 0 aromatic carbocycles. The first kappa shape index (κ1) is 9.83. The number of rotatable bonds is 5. The zero-order valence-electron chi connectivity index (χ0n) is 8.98. The van der Waals surface area contributed by atoms with Crippen molar-refractivity contribution in [2.45, 2.75) is 53.4 Å². The normalized spacial score (nSPS) is 24.5. The summed E-state index contributed by atoms with van der Waals surface area (Å²) in [4.78, 5) is 0. The highest BCUT2D eigenvalue weighted by Crippen LogP contribution is 2.49. The van der Waals surface area contributed by atoms with E-state index >= 15 is 0 Å². The topological polar surface area (TPSA) is 0 Å². The van der Waals surface area contributed by atoms with Gasteiger partial charge in [-0.1, -0.05) is 51.7 Å². The van der Waals surface area contributed by atoms with Gasteiger partial charge < -0.3 is 0 Å². The Labute approximate surface area is 77.1 Å². The van der Waals surface area contributed by atoms with Gasteiger partial charge in [-0.15, -0.1) is 0 Å². The first-order chi connectivity index (χ1) is 5.76. The summed E-state index contributed by atoms with van der Waals surface area (Å²) >= 11 is 0. The summed E-state index contributed by atoms with van der Waals surface area (Å²) in [6.45, 7) is 9.28. The highest BCUT2D eigenvalue weighted by atomic mass is 14.4. The van der Waals surface area contributed by atoms with Crippen LogP contribution in [0.5, 0.6) is 0 Å². The third kappa shape index (κ3) is 1.73. The molecule has 0 aliphatic heterocycles. The zero-order chi connectivity index (χ0) is 9.14. The number of hydrogen-bond donors (Lipinski definition) is 0. The van der Waals surface area contributed by atoms with Gasteiger partial charge in [-0.05, 0) is 18.8 Å². The molecule has 0 amide bonds. The Hall–Kier alpha value is -0.260. The van der Waals surface area contributed by atoms with Crippen molar-refractivity contribution in [1.29, 1.82) is 0 Å². The summed E-state index contributed by atoms with van der Waals surface area (Å²) in [6, 6.07) is 0. The van der Waals surface area contributed by atoms with E-state index in [2.05, 4.69) is 27.7 Å². The molecule has 0 bridgehead atoms. The van der Waals surface area contributed by atoms with E-state index in [-0.39, 0.29) is 0 Å². The summed E-state index contributed by atoms with van der Waals surface area (Å²) in [7, 11) is 0. The molecule has 70 valence electrons. The molecule has 0 spiro atoms. The van der Waals surface area contributed by atoms with Crippen LogP contribution < -0.4 is 0 Å². The second-order valence-electron chi connectivity index (χ2n) is 4.02. The van der Waals surface area contributed by atoms with Gasteiger partial charge in [0, 0.05) is 5.92 Å². The molecule has 0 heteroatoms. The average molecular weight is 166 g/mol. The molecule has 0 fully saturated rings. The predicted molar refractivity (Wildman–Crippen MR) is 55.2 cm³/mol. The van der Waals surface area contributed by atoms with Crippen molar-refractivity contribution in [3.8, 4) is 0 Å². The van der Waals surface area contributed by atoms with Crippen molar-refractivity contribution < 1.29 is 0 Å². The minimum absolute atomic E-state index is 0.904. The van der Waals surface area contributed by atoms with Gasteiger partial charge in [0.05, 0.1) is 0 Å². The van der Waals surface area contributed by atoms with E-state index in [1.54, 1.807) is 11.1 Å². The maximum atomic E-state index is 2.39. The average Bonchev–Trinajstić information content (AvgIpc) is 2.78. The summed E-state index contributed by atoms with van der Waals surface area (Å²) in [5.41, 5.74) is 3.58. The van der Waals surface area contributed by atoms with Crippen molar-refractivity contribution in [2.75, 3.05) is 0 Å². The summed E-state index contributed by atoms with van der Waals surface area (Å²) in [6.07, 6.45) is 5.32. The highest BCUT2D eigenvalue weighted by molar-refractivity contribution is 5.41. The minimum Gasteiger partial charge on any atom is -0.0651 e. The lowest BCUT2D eigenvalue weighted by Crippen LogP contribution is -1.99. The van der Waals surface area contributed by atoms with Crippen LogP contribution in [0, 0.1) is 11.8 Å². The Morgan fingerprint density at radius 2 is 1.83 bits per heavy atom. The fourth-order valence-electron chi connectivity index (χ4n) is 2.30. The first-order valence-corrected chi connectivity index (χ1v) is 5.47. The maximum absolute atomic E-state index is 2.39. The van der Waals surface area contributed by atoms with E-state index in [4.69, 9.17) is 0 Å². The molecule has 0 heterocycles. The summed E-state index contributed by atoms with van der Waals surface area (Å²) in [5.74, 6) is 1.82. The molecule has 0 aromatic rings. The molecular weight excluding hydrogens is 144 g/mol. The summed E-state index contributed by atoms with van der Waals surface area (Å²) < 4.78 is 0. The Morgan fingerprint density at radius 1 is 1.17 bits per heavy atom. The fourth-order valence-corrected chi connectivity index (χ4v) is 2.30. The third-order valence-corrected chi connectivity index (χ3v) is 3.19. The van der Waals surface area contributed by atoms with Gasteiger partial charge in [-0.3, -0.25) is 0 Å². The molecule has 0 radical (unpaired) electrons. The number of hydrogen-bond acceptors (Lipinski definition) is 0. The van der Waals surface area contributed by atoms with Crippen molar-refractivity contribution in [3.05, 3.63) is 11.1 Å². The Morgan fingerprint density at radius 3 is 2.25 bits per heavy atom. The van der Waals surface area contributed by atoms with Crippen LogP contribution in [0.4, 0.5) is 0 Å². The molecule has 0 nitrogen and oxygen atoms in total. The van der Waals surface area contributed by atoms with Crippen molar-refractivity contribution in [2.24, 2.45) is 11.8 Å². The highest BCUT2D eigenvalue weighted by Gasteiger charge is 2.36. The molecule has 1 aliphatic carbocycles. The zero-order valence-corrected chi connectivity index (χ0v) is 8.98. The van der Waals surface area contributed by atoms with Crippen LogP contribution in [-0.4, -0.2) is 0 Å². The SMILES string of the molecule is CCCC1=C(CC)C1C(C)CC. The lowest BCUT2D eigenvalue weighted by atomic mass is 9.96. The standard InChI is InChI=1S/C12H22/c1-5-8-11-10(7-3)12(11)9(4)6-2/h9,12H,5-8H2,1-4H3. The molecule has 0 saturated carbocycles. The van der Waals surface area contributed by atoms with E-state index < -0.39 is 0 Å². The van der Waals surface area contributed by atoms with Crippen LogP contribution in [-0.2, 0) is 0 Å². The second kappa shape index (κ2) is 4.11. The van der Waals surface area contributed by atoms with E-state index in [0.29, 0.717) is 0 Å². The van der Waals surface area contributed by atoms with E-state index in [0.717, 1.165) is 11.8 Å². The van der Waals surface area contributed by atoms with Crippen LogP contribution in [0.2, 0.25) is 0 Å². The second-order valence-corrected chi connectivity index (χ2v) is 4.02. The van der Waals surface area contributed by atoms with Gasteiger partial charge in [0.25, 0.3) is 0 Å². The molecule has 1 rings (SSSR count). The van der Waals surface area contributed by atoms with E-state index in [1.807, 2.05) is 0 Å². The lowest BCUT2D eigenvalue weighted by Gasteiger charge is -2.08. The predicted octanol–water partition coefficient (Wildman–Crippen LogP) is 4.17. The molecule has 2 unspecified atom stereocenters. The van der Waals surface area contributed by atoms with Crippen LogP contribution in [0.1, 0.15) is 53.4 Å². The first-order valence-electron chi connectivity index (χ1n) is 5.47. The smallest absolute Gasteiger partial charge is 0.00382 e. The molecule has 0 aromatic heterocycles. The van der Waals surface area contributed by atoms with Gasteiger partial charge in [0.2, 0.25) is 0 Å². The Kier molecular flexibility index (Phi) is 3.37. The van der Waals surface area contributed by atoms with Gasteiger partial charge in [0.15, 0.2) is 0 Å². The van der Waals surface area contributed by atoms with E-state index in [1.165, 1.54) is 25.7 Å². The quantitative estimate of drug-likeness (QED) is 0.538. The molecule has 2 atom stereocenters. The molecule has 1 aliphatic rings. The Bertz CT molecular complexity index is 176. The van der Waals surface area contributed by atoms with Crippen molar-refractivity contribution in [3.63, 3.8) is 0 Å². The van der Waals surface area contributed by atoms with Crippen molar-refractivity contribution in [1.82, 2.24) is 0 Å². The van der Waals surface area contributed by atoms with Crippen LogP contribution in [0.15, 0.2) is 11.1 Å². The minimum atomic E-state index is 0.904. The molecule has 0 saturated heterocycles. The fraction of sp³-hybridized carbons (Fsp3) is 0.833. The van der Waals surface area contributed by atoms with Gasteiger partial charge in [0.1, 0.15) is 0 Å². The van der Waals surface area contributed by atoms with E-state index in [9.17, 15) is 0 Å². The van der Waals surface area contributed by atoms with Crippen molar-refractivity contribution >= 4 is 0 Å². The van der Waals surface area contributed by atoms with Crippen LogP contribution in [0.25, 0.3) is 0 Å². The summed E-state index contributed by atoms with van der Waals surface area (Å²) in [5, 5.41) is 0. The molecule has 12 heavy (non-hydrogen) atoms. The van der Waals surface area contributed by atoms with Gasteiger partial charge >= 0.3 is 0 Å². The Balaban J connectivity index is 2.44.